The lowest BCUT2D eigenvalue weighted by atomic mass is 10.0. The van der Waals surface area contributed by atoms with Gasteiger partial charge in [0.05, 0.1) is 11.4 Å². The van der Waals surface area contributed by atoms with Crippen LogP contribution in [0.5, 0.6) is 0 Å². The van der Waals surface area contributed by atoms with Crippen molar-refractivity contribution in [2.75, 3.05) is 17.2 Å². The third-order valence-corrected chi connectivity index (χ3v) is 4.26. The summed E-state index contributed by atoms with van der Waals surface area (Å²) in [5, 5.41) is 0. The summed E-state index contributed by atoms with van der Waals surface area (Å²) in [6, 6.07) is 7.20. The van der Waals surface area contributed by atoms with Gasteiger partial charge in [-0.05, 0) is 32.4 Å². The van der Waals surface area contributed by atoms with Gasteiger partial charge >= 0.3 is 6.09 Å². The number of rotatable bonds is 2. The average molecular weight is 332 g/mol. The Morgan fingerprint density at radius 1 is 1.38 bits per heavy atom. The summed E-state index contributed by atoms with van der Waals surface area (Å²) in [7, 11) is 1.71. The summed E-state index contributed by atoms with van der Waals surface area (Å²) < 4.78 is 28.0. The predicted molar refractivity (Wildman–Crippen MR) is 82.4 cm³/mol. The Hall–Kier alpha value is -1.27. The van der Waals surface area contributed by atoms with Crippen molar-refractivity contribution in [1.82, 2.24) is 0 Å². The lowest BCUT2D eigenvalue weighted by molar-refractivity contribution is 0.0582. The number of hydrogen-bond acceptors (Lipinski definition) is 4. The van der Waals surface area contributed by atoms with Gasteiger partial charge in [-0.1, -0.05) is 18.2 Å². The molecule has 21 heavy (non-hydrogen) atoms. The van der Waals surface area contributed by atoms with Crippen molar-refractivity contribution in [2.45, 2.75) is 32.3 Å². The lowest BCUT2D eigenvalue weighted by Crippen LogP contribution is -2.36. The monoisotopic (exact) mass is 331 g/mol. The molecule has 7 heteroatoms. The van der Waals surface area contributed by atoms with Gasteiger partial charge in [0.1, 0.15) is 5.60 Å². The molecule has 0 fully saturated rings. The normalized spacial score (nSPS) is 18.5. The van der Waals surface area contributed by atoms with Crippen LogP contribution in [0.4, 0.5) is 10.5 Å². The van der Waals surface area contributed by atoms with Crippen LogP contribution in [0.15, 0.2) is 24.3 Å². The van der Waals surface area contributed by atoms with Gasteiger partial charge in [-0.25, -0.2) is 13.2 Å². The standard InChI is InChI=1S/C14H18ClNO4S/c1-14(2,3)20-13(17)16-8-10(9-21(15,18)19)11-6-4-5-7-12(11)16/h4-7,10H,8-9H2,1-3H3. The van der Waals surface area contributed by atoms with E-state index >= 15 is 0 Å². The quantitative estimate of drug-likeness (QED) is 0.781. The number of carbonyl (C=O) groups excluding carboxylic acids is 1. The fourth-order valence-electron chi connectivity index (χ4n) is 2.37. The molecule has 0 radical (unpaired) electrons. The van der Waals surface area contributed by atoms with Gasteiger partial charge in [-0.3, -0.25) is 4.90 Å². The zero-order valence-corrected chi connectivity index (χ0v) is 13.7. The Bertz CT molecular complexity index is 651. The maximum Gasteiger partial charge on any atom is 0.414 e. The topological polar surface area (TPSA) is 63.7 Å². The van der Waals surface area contributed by atoms with Crippen LogP contribution in [-0.4, -0.2) is 32.4 Å². The molecule has 0 aromatic heterocycles. The molecule has 0 bridgehead atoms. The Kier molecular flexibility index (Phi) is 4.22. The van der Waals surface area contributed by atoms with Crippen LogP contribution in [0.1, 0.15) is 32.3 Å². The van der Waals surface area contributed by atoms with Crippen molar-refractivity contribution in [3.63, 3.8) is 0 Å². The second-order valence-corrected chi connectivity index (χ2v) is 8.87. The van der Waals surface area contributed by atoms with E-state index in [4.69, 9.17) is 15.4 Å². The Morgan fingerprint density at radius 3 is 2.57 bits per heavy atom. The predicted octanol–water partition coefficient (Wildman–Crippen LogP) is 3.09. The van der Waals surface area contributed by atoms with E-state index in [1.807, 2.05) is 12.1 Å². The maximum atomic E-state index is 12.3. The Balaban J connectivity index is 2.29. The number of amides is 1. The highest BCUT2D eigenvalue weighted by molar-refractivity contribution is 8.13. The van der Waals surface area contributed by atoms with E-state index in [2.05, 4.69) is 0 Å². The van der Waals surface area contributed by atoms with Gasteiger partial charge in [0.15, 0.2) is 0 Å². The minimum Gasteiger partial charge on any atom is -0.443 e. The van der Waals surface area contributed by atoms with Crippen molar-refractivity contribution in [3.8, 4) is 0 Å². The van der Waals surface area contributed by atoms with Crippen molar-refractivity contribution in [3.05, 3.63) is 29.8 Å². The summed E-state index contributed by atoms with van der Waals surface area (Å²) in [4.78, 5) is 13.7. The van der Waals surface area contributed by atoms with E-state index in [0.29, 0.717) is 5.69 Å². The number of halogens is 1. The molecule has 0 saturated carbocycles. The molecule has 1 atom stereocenters. The summed E-state index contributed by atoms with van der Waals surface area (Å²) >= 11 is 0. The van der Waals surface area contributed by atoms with Gasteiger partial charge in [-0.2, -0.15) is 0 Å². The van der Waals surface area contributed by atoms with Crippen molar-refractivity contribution in [2.24, 2.45) is 0 Å². The molecule has 0 spiro atoms. The molecule has 1 unspecified atom stereocenters. The first-order valence-electron chi connectivity index (χ1n) is 6.58. The molecular weight excluding hydrogens is 314 g/mol. The summed E-state index contributed by atoms with van der Waals surface area (Å²) in [6.45, 7) is 5.61. The SMILES string of the molecule is CC(C)(C)OC(=O)N1CC(CS(=O)(=O)Cl)c2ccccc21. The van der Waals surface area contributed by atoms with E-state index in [1.54, 1.807) is 32.9 Å². The molecule has 2 rings (SSSR count). The van der Waals surface area contributed by atoms with Crippen LogP contribution >= 0.6 is 10.7 Å². The molecule has 1 aromatic rings. The van der Waals surface area contributed by atoms with E-state index in [9.17, 15) is 13.2 Å². The van der Waals surface area contributed by atoms with Gasteiger partial charge in [-0.15, -0.1) is 0 Å². The smallest absolute Gasteiger partial charge is 0.414 e. The first-order chi connectivity index (χ1) is 9.57. The zero-order valence-electron chi connectivity index (χ0n) is 12.2. The number of nitrogens with zero attached hydrogens (tertiary/aromatic N) is 1. The van der Waals surface area contributed by atoms with Gasteiger partial charge in [0.2, 0.25) is 9.05 Å². The van der Waals surface area contributed by atoms with Crippen molar-refractivity contribution < 1.29 is 17.9 Å². The van der Waals surface area contributed by atoms with E-state index in [0.717, 1.165) is 5.56 Å². The van der Waals surface area contributed by atoms with Gasteiger partial charge in [0, 0.05) is 23.1 Å². The maximum absolute atomic E-state index is 12.3. The second-order valence-electron chi connectivity index (χ2n) is 6.05. The molecule has 0 aliphatic carbocycles. The highest BCUT2D eigenvalue weighted by Gasteiger charge is 2.36. The van der Waals surface area contributed by atoms with Crippen molar-refractivity contribution >= 4 is 31.5 Å². The van der Waals surface area contributed by atoms with Crippen molar-refractivity contribution in [1.29, 1.82) is 0 Å². The molecule has 1 aliphatic heterocycles. The highest BCUT2D eigenvalue weighted by Crippen LogP contribution is 2.38. The van der Waals surface area contributed by atoms with Crippen LogP contribution in [0.25, 0.3) is 0 Å². The molecule has 0 saturated heterocycles. The van der Waals surface area contributed by atoms with Crippen LogP contribution in [0, 0.1) is 0 Å². The molecule has 0 N–H and O–H groups in total. The Morgan fingerprint density at radius 2 is 2.00 bits per heavy atom. The molecule has 1 heterocycles. The fourth-order valence-corrected chi connectivity index (χ4v) is 3.59. The minimum atomic E-state index is -3.64. The van der Waals surface area contributed by atoms with E-state index in [-0.39, 0.29) is 18.2 Å². The molecule has 116 valence electrons. The lowest BCUT2D eigenvalue weighted by Gasteiger charge is -2.25. The molecule has 1 aromatic carbocycles. The minimum absolute atomic E-state index is 0.204. The second kappa shape index (κ2) is 5.50. The first kappa shape index (κ1) is 16.1. The summed E-state index contributed by atoms with van der Waals surface area (Å²) in [6.07, 6.45) is -0.482. The number of hydrogen-bond donors (Lipinski definition) is 0. The van der Waals surface area contributed by atoms with Gasteiger partial charge in [0.25, 0.3) is 0 Å². The number of para-hydroxylation sites is 1. The largest absolute Gasteiger partial charge is 0.443 e. The van der Waals surface area contributed by atoms with Crippen LogP contribution in [0.2, 0.25) is 0 Å². The number of carbonyl (C=O) groups is 1. The number of ether oxygens (including phenoxy) is 1. The molecule has 1 amide bonds. The summed E-state index contributed by atoms with van der Waals surface area (Å²) in [5.41, 5.74) is 0.868. The van der Waals surface area contributed by atoms with Crippen LogP contribution < -0.4 is 4.90 Å². The number of anilines is 1. The van der Waals surface area contributed by atoms with Gasteiger partial charge < -0.3 is 4.74 Å². The summed E-state index contributed by atoms with van der Waals surface area (Å²) in [5.74, 6) is -0.540. The van der Waals surface area contributed by atoms with Crippen LogP contribution in [0.3, 0.4) is 0 Å². The third kappa shape index (κ3) is 4.11. The Labute approximate surface area is 129 Å². The first-order valence-corrected chi connectivity index (χ1v) is 9.06. The van der Waals surface area contributed by atoms with E-state index < -0.39 is 20.7 Å². The molecule has 1 aliphatic rings. The zero-order chi connectivity index (χ0) is 15.8. The highest BCUT2D eigenvalue weighted by atomic mass is 35.7. The molecule has 5 nitrogen and oxygen atoms in total. The third-order valence-electron chi connectivity index (χ3n) is 3.08. The molecular formula is C14H18ClNO4S. The fraction of sp³-hybridized carbons (Fsp3) is 0.500. The van der Waals surface area contributed by atoms with E-state index in [1.165, 1.54) is 4.90 Å². The van der Waals surface area contributed by atoms with Crippen LogP contribution in [-0.2, 0) is 13.8 Å². The average Bonchev–Trinajstić information content (AvgIpc) is 2.64. The number of fused-ring (bicyclic) bond motifs is 1. The number of benzene rings is 1.